The molecule has 0 saturated carbocycles. The number of hydrogen-bond donors (Lipinski definition) is 0. The second-order valence-electron chi connectivity index (χ2n) is 7.84. The molecule has 0 N–H and O–H groups in total. The van der Waals surface area contributed by atoms with Crippen molar-refractivity contribution in [3.8, 4) is 0 Å². The Labute approximate surface area is 170 Å². The molecule has 10 heteroatoms. The van der Waals surface area contributed by atoms with Crippen LogP contribution in [0.4, 0.5) is 8.78 Å². The van der Waals surface area contributed by atoms with Crippen molar-refractivity contribution in [1.29, 1.82) is 0 Å². The lowest BCUT2D eigenvalue weighted by Crippen LogP contribution is -2.48. The highest BCUT2D eigenvalue weighted by atomic mass is 19.3. The molecule has 0 spiro atoms. The van der Waals surface area contributed by atoms with Crippen LogP contribution in [0.5, 0.6) is 0 Å². The number of nitrogens with zero attached hydrogens (tertiary/aromatic N) is 7. The predicted octanol–water partition coefficient (Wildman–Crippen LogP) is 2.90. The molecule has 0 radical (unpaired) electrons. The molecule has 0 bridgehead atoms. The zero-order chi connectivity index (χ0) is 20.9. The third kappa shape index (κ3) is 2.99. The second kappa shape index (κ2) is 6.82. The van der Waals surface area contributed by atoms with Gasteiger partial charge in [0.25, 0.3) is 18.1 Å². The summed E-state index contributed by atoms with van der Waals surface area (Å²) >= 11 is 0. The summed E-state index contributed by atoms with van der Waals surface area (Å²) in [6, 6.07) is 4.94. The number of rotatable bonds is 3. The van der Waals surface area contributed by atoms with Gasteiger partial charge in [-0.2, -0.15) is 10.1 Å². The van der Waals surface area contributed by atoms with Crippen molar-refractivity contribution in [2.75, 3.05) is 13.1 Å². The number of carbonyl (C=O) groups is 1. The average molecular weight is 411 g/mol. The number of aromatic nitrogens is 6. The van der Waals surface area contributed by atoms with Gasteiger partial charge in [-0.25, -0.2) is 23.3 Å². The molecule has 1 atom stereocenters. The molecule has 0 aliphatic carbocycles. The Balaban J connectivity index is 1.50. The number of halogens is 2. The summed E-state index contributed by atoms with van der Waals surface area (Å²) in [5.74, 6) is 0.0348. The lowest BCUT2D eigenvalue weighted by Gasteiger charge is -2.40. The third-order valence-corrected chi connectivity index (χ3v) is 5.73. The summed E-state index contributed by atoms with van der Waals surface area (Å²) in [4.78, 5) is 27.1. The zero-order valence-electron chi connectivity index (χ0n) is 16.2. The first kappa shape index (κ1) is 18.6. The minimum absolute atomic E-state index is 0.102. The van der Waals surface area contributed by atoms with Gasteiger partial charge < -0.3 is 9.30 Å². The van der Waals surface area contributed by atoms with Crippen molar-refractivity contribution in [2.24, 2.45) is 0 Å². The maximum atomic E-state index is 13.4. The van der Waals surface area contributed by atoms with Gasteiger partial charge in [0.2, 0.25) is 0 Å². The van der Waals surface area contributed by atoms with E-state index in [4.69, 9.17) is 0 Å². The third-order valence-electron chi connectivity index (χ3n) is 5.73. The van der Waals surface area contributed by atoms with E-state index in [2.05, 4.69) is 20.1 Å². The molecule has 4 aromatic heterocycles. The summed E-state index contributed by atoms with van der Waals surface area (Å²) in [7, 11) is 0. The average Bonchev–Trinajstić information content (AvgIpc) is 3.40. The van der Waals surface area contributed by atoms with E-state index in [1.165, 1.54) is 16.9 Å². The standard InChI is InChI=1S/C20H19F2N7O/c1-20(15-9-14(17(21)22)26-19-24-12-25-29(15)19)5-2-7-28(11-20)18(30)13-3-4-16-23-6-8-27(16)10-13/h3-4,6,8-10,12,17H,2,5,7,11H2,1H3. The van der Waals surface area contributed by atoms with Gasteiger partial charge in [-0.05, 0) is 31.0 Å². The maximum Gasteiger partial charge on any atom is 0.280 e. The Morgan fingerprint density at radius 1 is 1.27 bits per heavy atom. The Morgan fingerprint density at radius 3 is 2.97 bits per heavy atom. The molecular weight excluding hydrogens is 392 g/mol. The number of imidazole rings is 1. The number of hydrogen-bond acceptors (Lipinski definition) is 5. The highest BCUT2D eigenvalue weighted by molar-refractivity contribution is 5.94. The quantitative estimate of drug-likeness (QED) is 0.518. The summed E-state index contributed by atoms with van der Waals surface area (Å²) in [6.45, 7) is 2.95. The summed E-state index contributed by atoms with van der Waals surface area (Å²) in [5.41, 5.74) is 1.01. The van der Waals surface area contributed by atoms with E-state index in [9.17, 15) is 13.6 Å². The molecular formula is C20H19F2N7O. The second-order valence-corrected chi connectivity index (χ2v) is 7.84. The van der Waals surface area contributed by atoms with Crippen molar-refractivity contribution in [1.82, 2.24) is 33.9 Å². The number of likely N-dealkylation sites (tertiary alicyclic amines) is 1. The van der Waals surface area contributed by atoms with E-state index in [1.54, 1.807) is 40.0 Å². The first-order valence-corrected chi connectivity index (χ1v) is 9.66. The topological polar surface area (TPSA) is 80.7 Å². The molecule has 1 amide bonds. The van der Waals surface area contributed by atoms with Crippen LogP contribution in [-0.2, 0) is 5.41 Å². The van der Waals surface area contributed by atoms with E-state index >= 15 is 0 Å². The Bertz CT molecular complexity index is 1250. The number of pyridine rings is 1. The summed E-state index contributed by atoms with van der Waals surface area (Å²) in [5, 5.41) is 4.18. The molecule has 0 aromatic carbocycles. The van der Waals surface area contributed by atoms with Crippen LogP contribution >= 0.6 is 0 Å². The molecule has 1 aliphatic rings. The summed E-state index contributed by atoms with van der Waals surface area (Å²) < 4.78 is 30.1. The SMILES string of the molecule is CC1(c2cc(C(F)F)nc3ncnn23)CCCN(C(=O)c2ccc3nccn3c2)C1. The predicted molar refractivity (Wildman–Crippen MR) is 103 cm³/mol. The van der Waals surface area contributed by atoms with Crippen LogP contribution in [0.15, 0.2) is 43.1 Å². The van der Waals surface area contributed by atoms with Gasteiger partial charge in [-0.1, -0.05) is 6.92 Å². The molecule has 1 aliphatic heterocycles. The van der Waals surface area contributed by atoms with Crippen molar-refractivity contribution in [2.45, 2.75) is 31.6 Å². The first-order chi connectivity index (χ1) is 14.4. The molecule has 30 heavy (non-hydrogen) atoms. The van der Waals surface area contributed by atoms with Gasteiger partial charge in [-0.3, -0.25) is 4.79 Å². The van der Waals surface area contributed by atoms with Crippen LogP contribution in [0, 0.1) is 0 Å². The van der Waals surface area contributed by atoms with E-state index in [1.807, 2.05) is 6.92 Å². The Hall–Kier alpha value is -3.43. The van der Waals surface area contributed by atoms with Crippen LogP contribution in [0.1, 0.15) is 47.9 Å². The van der Waals surface area contributed by atoms with Gasteiger partial charge >= 0.3 is 0 Å². The molecule has 5 heterocycles. The number of piperidine rings is 1. The number of alkyl halides is 2. The van der Waals surface area contributed by atoms with Gasteiger partial charge in [-0.15, -0.1) is 0 Å². The fraction of sp³-hybridized carbons (Fsp3) is 0.350. The molecule has 1 unspecified atom stereocenters. The van der Waals surface area contributed by atoms with Crippen molar-refractivity contribution >= 4 is 17.3 Å². The minimum Gasteiger partial charge on any atom is -0.338 e. The Kier molecular flexibility index (Phi) is 4.23. The number of carbonyl (C=O) groups excluding carboxylic acids is 1. The molecule has 8 nitrogen and oxygen atoms in total. The van der Waals surface area contributed by atoms with E-state index < -0.39 is 11.8 Å². The van der Waals surface area contributed by atoms with Gasteiger partial charge in [0.05, 0.1) is 11.3 Å². The monoisotopic (exact) mass is 411 g/mol. The number of amides is 1. The minimum atomic E-state index is -2.71. The van der Waals surface area contributed by atoms with Crippen molar-refractivity contribution < 1.29 is 13.6 Å². The van der Waals surface area contributed by atoms with Crippen molar-refractivity contribution in [3.63, 3.8) is 0 Å². The zero-order valence-corrected chi connectivity index (χ0v) is 16.2. The van der Waals surface area contributed by atoms with Crippen LogP contribution in [0.3, 0.4) is 0 Å². The maximum absolute atomic E-state index is 13.4. The molecule has 4 aromatic rings. The van der Waals surface area contributed by atoms with Gasteiger partial charge in [0.15, 0.2) is 0 Å². The van der Waals surface area contributed by atoms with Crippen LogP contribution < -0.4 is 0 Å². The lowest BCUT2D eigenvalue weighted by atomic mass is 9.78. The number of fused-ring (bicyclic) bond motifs is 2. The van der Waals surface area contributed by atoms with Crippen LogP contribution in [-0.4, -0.2) is 52.9 Å². The smallest absolute Gasteiger partial charge is 0.280 e. The van der Waals surface area contributed by atoms with Crippen LogP contribution in [0.2, 0.25) is 0 Å². The Morgan fingerprint density at radius 2 is 2.13 bits per heavy atom. The molecule has 5 rings (SSSR count). The fourth-order valence-corrected chi connectivity index (χ4v) is 4.22. The summed E-state index contributed by atoms with van der Waals surface area (Å²) in [6.07, 6.45) is 5.30. The normalized spacial score (nSPS) is 19.8. The highest BCUT2D eigenvalue weighted by Gasteiger charge is 2.38. The van der Waals surface area contributed by atoms with E-state index in [-0.39, 0.29) is 17.4 Å². The van der Waals surface area contributed by atoms with Gasteiger partial charge in [0.1, 0.15) is 17.7 Å². The van der Waals surface area contributed by atoms with E-state index in [0.29, 0.717) is 24.3 Å². The van der Waals surface area contributed by atoms with E-state index in [0.717, 1.165) is 18.5 Å². The highest BCUT2D eigenvalue weighted by Crippen LogP contribution is 2.35. The largest absolute Gasteiger partial charge is 0.338 e. The molecule has 1 saturated heterocycles. The first-order valence-electron chi connectivity index (χ1n) is 9.66. The molecule has 154 valence electrons. The lowest BCUT2D eigenvalue weighted by molar-refractivity contribution is 0.0644. The molecule has 1 fully saturated rings. The van der Waals surface area contributed by atoms with Gasteiger partial charge in [0, 0.05) is 37.1 Å². The fourth-order valence-electron chi connectivity index (χ4n) is 4.22. The van der Waals surface area contributed by atoms with Crippen LogP contribution in [0.25, 0.3) is 11.4 Å². The van der Waals surface area contributed by atoms with Crippen molar-refractivity contribution in [3.05, 3.63) is 60.1 Å².